The highest BCUT2D eigenvalue weighted by atomic mass is 19.1. The minimum atomic E-state index is -0.788. The SMILES string of the molecule is Cc1ccc(-c2noc(CCCN3CCN(C(=O)Nc4ccc(F)cc4F)CC3)n2)cc1. The summed E-state index contributed by atoms with van der Waals surface area (Å²) < 4.78 is 32.1. The Labute approximate surface area is 185 Å². The van der Waals surface area contributed by atoms with E-state index in [0.29, 0.717) is 31.2 Å². The summed E-state index contributed by atoms with van der Waals surface area (Å²) in [4.78, 5) is 20.7. The number of urea groups is 1. The summed E-state index contributed by atoms with van der Waals surface area (Å²) in [6, 6.07) is 10.7. The largest absolute Gasteiger partial charge is 0.339 e. The Bertz CT molecular complexity index is 1060. The van der Waals surface area contributed by atoms with E-state index in [4.69, 9.17) is 4.52 Å². The van der Waals surface area contributed by atoms with Crippen LogP contribution in [0.2, 0.25) is 0 Å². The van der Waals surface area contributed by atoms with Crippen molar-refractivity contribution in [3.8, 4) is 11.4 Å². The van der Waals surface area contributed by atoms with Gasteiger partial charge in [0.05, 0.1) is 5.69 Å². The lowest BCUT2D eigenvalue weighted by atomic mass is 10.1. The Morgan fingerprint density at radius 1 is 1.09 bits per heavy atom. The maximum atomic E-state index is 13.7. The number of amides is 2. The maximum Gasteiger partial charge on any atom is 0.322 e. The third kappa shape index (κ3) is 5.47. The third-order valence-corrected chi connectivity index (χ3v) is 5.48. The fourth-order valence-electron chi connectivity index (χ4n) is 3.59. The fourth-order valence-corrected chi connectivity index (χ4v) is 3.59. The number of nitrogens with one attached hydrogen (secondary N) is 1. The predicted molar refractivity (Wildman–Crippen MR) is 116 cm³/mol. The molecule has 0 spiro atoms. The molecule has 7 nitrogen and oxygen atoms in total. The monoisotopic (exact) mass is 441 g/mol. The van der Waals surface area contributed by atoms with Crippen LogP contribution in [0, 0.1) is 18.6 Å². The number of hydrogen-bond acceptors (Lipinski definition) is 5. The number of halogens is 2. The summed E-state index contributed by atoms with van der Waals surface area (Å²) >= 11 is 0. The van der Waals surface area contributed by atoms with Crippen molar-refractivity contribution in [2.75, 3.05) is 38.0 Å². The normalized spacial score (nSPS) is 14.5. The van der Waals surface area contributed by atoms with Crippen molar-refractivity contribution in [1.29, 1.82) is 0 Å². The fraction of sp³-hybridized carbons (Fsp3) is 0.348. The number of carbonyl (C=O) groups is 1. The molecular formula is C23H25F2N5O2. The van der Waals surface area contributed by atoms with Gasteiger partial charge in [0, 0.05) is 44.2 Å². The standard InChI is InChI=1S/C23H25F2N5O2/c1-16-4-6-17(7-5-16)22-27-21(32-28-22)3-2-10-29-11-13-30(14-12-29)23(31)26-20-9-8-18(24)15-19(20)25/h4-9,15H,2-3,10-14H2,1H3,(H,26,31). The Hall–Kier alpha value is -3.33. The number of nitrogens with zero attached hydrogens (tertiary/aromatic N) is 4. The first kappa shape index (κ1) is 21.9. The average molecular weight is 441 g/mol. The molecule has 1 saturated heterocycles. The summed E-state index contributed by atoms with van der Waals surface area (Å²) in [5.41, 5.74) is 2.08. The molecule has 1 aliphatic rings. The highest BCUT2D eigenvalue weighted by Gasteiger charge is 2.22. The second-order valence-corrected chi connectivity index (χ2v) is 7.86. The molecule has 1 aliphatic heterocycles. The molecule has 32 heavy (non-hydrogen) atoms. The molecule has 2 aromatic carbocycles. The number of anilines is 1. The van der Waals surface area contributed by atoms with E-state index in [1.807, 2.05) is 31.2 Å². The molecule has 0 unspecified atom stereocenters. The summed E-state index contributed by atoms with van der Waals surface area (Å²) in [5.74, 6) is -0.262. The third-order valence-electron chi connectivity index (χ3n) is 5.48. The molecule has 4 rings (SSSR count). The molecule has 2 heterocycles. The molecule has 3 aromatic rings. The van der Waals surface area contributed by atoms with Crippen LogP contribution in [0.15, 0.2) is 47.0 Å². The first-order valence-corrected chi connectivity index (χ1v) is 10.6. The van der Waals surface area contributed by atoms with E-state index in [2.05, 4.69) is 20.4 Å². The van der Waals surface area contributed by atoms with Crippen LogP contribution in [-0.2, 0) is 6.42 Å². The Balaban J connectivity index is 1.19. The number of hydrogen-bond donors (Lipinski definition) is 1. The lowest BCUT2D eigenvalue weighted by Crippen LogP contribution is -2.50. The zero-order valence-electron chi connectivity index (χ0n) is 17.9. The first-order chi connectivity index (χ1) is 15.5. The summed E-state index contributed by atoms with van der Waals surface area (Å²) in [5, 5.41) is 6.56. The van der Waals surface area contributed by atoms with E-state index in [1.54, 1.807) is 4.90 Å². The minimum absolute atomic E-state index is 0.0246. The van der Waals surface area contributed by atoms with Crippen LogP contribution in [0.1, 0.15) is 17.9 Å². The number of benzene rings is 2. The molecule has 9 heteroatoms. The Morgan fingerprint density at radius 2 is 1.84 bits per heavy atom. The molecule has 0 aliphatic carbocycles. The van der Waals surface area contributed by atoms with Gasteiger partial charge in [-0.3, -0.25) is 4.90 Å². The van der Waals surface area contributed by atoms with Crippen LogP contribution < -0.4 is 5.32 Å². The average Bonchev–Trinajstić information content (AvgIpc) is 3.25. The van der Waals surface area contributed by atoms with Crippen molar-refractivity contribution < 1.29 is 18.1 Å². The molecule has 0 bridgehead atoms. The van der Waals surface area contributed by atoms with E-state index in [-0.39, 0.29) is 11.7 Å². The second-order valence-electron chi connectivity index (χ2n) is 7.86. The smallest absolute Gasteiger partial charge is 0.322 e. The van der Waals surface area contributed by atoms with Crippen LogP contribution in [0.3, 0.4) is 0 Å². The summed E-state index contributed by atoms with van der Waals surface area (Å²) in [7, 11) is 0. The molecule has 1 fully saturated rings. The predicted octanol–water partition coefficient (Wildman–Crippen LogP) is 4.11. The highest BCUT2D eigenvalue weighted by Crippen LogP contribution is 2.18. The van der Waals surface area contributed by atoms with Crippen molar-refractivity contribution in [2.24, 2.45) is 0 Å². The van der Waals surface area contributed by atoms with Crippen LogP contribution in [0.25, 0.3) is 11.4 Å². The maximum absolute atomic E-state index is 13.7. The number of carbonyl (C=O) groups excluding carboxylic acids is 1. The van der Waals surface area contributed by atoms with Gasteiger partial charge in [-0.1, -0.05) is 35.0 Å². The number of aryl methyl sites for hydroxylation is 2. The molecule has 0 saturated carbocycles. The van der Waals surface area contributed by atoms with Crippen LogP contribution in [0.5, 0.6) is 0 Å². The molecular weight excluding hydrogens is 416 g/mol. The first-order valence-electron chi connectivity index (χ1n) is 10.6. The van der Waals surface area contributed by atoms with Crippen molar-refractivity contribution in [3.63, 3.8) is 0 Å². The number of piperazine rings is 1. The van der Waals surface area contributed by atoms with Crippen molar-refractivity contribution in [1.82, 2.24) is 19.9 Å². The molecule has 2 amide bonds. The van der Waals surface area contributed by atoms with Gasteiger partial charge in [0.15, 0.2) is 0 Å². The van der Waals surface area contributed by atoms with Crippen molar-refractivity contribution >= 4 is 11.7 Å². The van der Waals surface area contributed by atoms with Crippen molar-refractivity contribution in [3.05, 3.63) is 65.6 Å². The zero-order valence-corrected chi connectivity index (χ0v) is 17.9. The van der Waals surface area contributed by atoms with Gasteiger partial charge in [0.1, 0.15) is 11.6 Å². The molecule has 1 aromatic heterocycles. The summed E-state index contributed by atoms with van der Waals surface area (Å²) in [6.07, 6.45) is 1.55. The lowest BCUT2D eigenvalue weighted by Gasteiger charge is -2.34. The quantitative estimate of drug-likeness (QED) is 0.623. The molecule has 1 N–H and O–H groups in total. The Kier molecular flexibility index (Phi) is 6.75. The Morgan fingerprint density at radius 3 is 2.56 bits per heavy atom. The number of rotatable bonds is 6. The van der Waals surface area contributed by atoms with Crippen LogP contribution >= 0.6 is 0 Å². The topological polar surface area (TPSA) is 74.5 Å². The van der Waals surface area contributed by atoms with Crippen molar-refractivity contribution in [2.45, 2.75) is 19.8 Å². The van der Waals surface area contributed by atoms with Gasteiger partial charge in [0.25, 0.3) is 0 Å². The minimum Gasteiger partial charge on any atom is -0.339 e. The van der Waals surface area contributed by atoms with Gasteiger partial charge in [0.2, 0.25) is 11.7 Å². The van der Waals surface area contributed by atoms with E-state index >= 15 is 0 Å². The molecule has 0 radical (unpaired) electrons. The molecule has 0 atom stereocenters. The van der Waals surface area contributed by atoms with E-state index in [0.717, 1.165) is 43.8 Å². The van der Waals surface area contributed by atoms with Gasteiger partial charge < -0.3 is 14.7 Å². The van der Waals surface area contributed by atoms with Gasteiger partial charge in [-0.2, -0.15) is 4.98 Å². The highest BCUT2D eigenvalue weighted by molar-refractivity contribution is 5.89. The summed E-state index contributed by atoms with van der Waals surface area (Å²) in [6.45, 7) is 5.39. The van der Waals surface area contributed by atoms with Gasteiger partial charge in [-0.25, -0.2) is 13.6 Å². The van der Waals surface area contributed by atoms with Crippen LogP contribution in [0.4, 0.5) is 19.3 Å². The van der Waals surface area contributed by atoms with E-state index < -0.39 is 11.6 Å². The van der Waals surface area contributed by atoms with E-state index in [1.165, 1.54) is 11.6 Å². The molecule has 168 valence electrons. The van der Waals surface area contributed by atoms with Gasteiger partial charge in [-0.15, -0.1) is 0 Å². The second kappa shape index (κ2) is 9.86. The number of aromatic nitrogens is 2. The van der Waals surface area contributed by atoms with Gasteiger partial charge in [-0.05, 0) is 32.0 Å². The zero-order chi connectivity index (χ0) is 22.5. The van der Waals surface area contributed by atoms with Gasteiger partial charge >= 0.3 is 6.03 Å². The van der Waals surface area contributed by atoms with E-state index in [9.17, 15) is 13.6 Å². The van der Waals surface area contributed by atoms with Crippen LogP contribution in [-0.4, -0.2) is 58.7 Å². The lowest BCUT2D eigenvalue weighted by molar-refractivity contribution is 0.146.